The average molecular weight is 319 g/mol. The summed E-state index contributed by atoms with van der Waals surface area (Å²) >= 11 is 3.30. The molecule has 0 atom stereocenters. The number of rotatable bonds is 5. The van der Waals surface area contributed by atoms with Gasteiger partial charge in [-0.3, -0.25) is 0 Å². The maximum absolute atomic E-state index is 6.14. The molecule has 4 nitrogen and oxygen atoms in total. The summed E-state index contributed by atoms with van der Waals surface area (Å²) in [6, 6.07) is 4.12. The van der Waals surface area contributed by atoms with Crippen molar-refractivity contribution in [2.24, 2.45) is 5.92 Å². The number of aromatic nitrogens is 2. The number of thiophene rings is 2. The lowest BCUT2D eigenvalue weighted by molar-refractivity contribution is 0.0926. The van der Waals surface area contributed by atoms with Crippen LogP contribution in [0.4, 0.5) is 5.82 Å². The molecule has 3 aromatic heterocycles. The van der Waals surface area contributed by atoms with Gasteiger partial charge in [0, 0.05) is 22.4 Å². The third kappa shape index (κ3) is 3.07. The molecule has 0 aliphatic rings. The second-order valence-corrected chi connectivity index (χ2v) is 7.05. The summed E-state index contributed by atoms with van der Waals surface area (Å²) in [6.45, 7) is 5.34. The van der Waals surface area contributed by atoms with Crippen molar-refractivity contribution in [3.63, 3.8) is 0 Å². The van der Waals surface area contributed by atoms with Crippen LogP contribution in [-0.2, 0) is 11.3 Å². The molecule has 0 bridgehead atoms. The van der Waals surface area contributed by atoms with Gasteiger partial charge in [0.2, 0.25) is 0 Å². The molecule has 3 aromatic rings. The Labute approximate surface area is 131 Å². The number of ether oxygens (including phenoxy) is 1. The maximum atomic E-state index is 6.14. The van der Waals surface area contributed by atoms with Gasteiger partial charge in [0.25, 0.3) is 0 Å². The van der Waals surface area contributed by atoms with Crippen molar-refractivity contribution in [1.82, 2.24) is 9.97 Å². The first-order chi connectivity index (χ1) is 10.1. The molecule has 3 heterocycles. The SMILES string of the molecule is CC(C)COCc1nc(N)c2c(-c3cccs3)csc2n1. The van der Waals surface area contributed by atoms with E-state index in [4.69, 9.17) is 10.5 Å². The van der Waals surface area contributed by atoms with Crippen molar-refractivity contribution in [1.29, 1.82) is 0 Å². The predicted octanol–water partition coefficient (Wildman–Crippen LogP) is 4.17. The lowest BCUT2D eigenvalue weighted by Crippen LogP contribution is -2.06. The average Bonchev–Trinajstić information content (AvgIpc) is 3.06. The van der Waals surface area contributed by atoms with Crippen LogP contribution in [0.25, 0.3) is 20.7 Å². The second-order valence-electron chi connectivity index (χ2n) is 5.24. The molecule has 0 amide bonds. The van der Waals surface area contributed by atoms with Crippen molar-refractivity contribution in [2.75, 3.05) is 12.3 Å². The fourth-order valence-electron chi connectivity index (χ4n) is 2.08. The van der Waals surface area contributed by atoms with Gasteiger partial charge >= 0.3 is 0 Å². The minimum atomic E-state index is 0.407. The fourth-order valence-corrected chi connectivity index (χ4v) is 3.87. The topological polar surface area (TPSA) is 61.0 Å². The highest BCUT2D eigenvalue weighted by atomic mass is 32.1. The molecule has 110 valence electrons. The highest BCUT2D eigenvalue weighted by Crippen LogP contribution is 2.37. The lowest BCUT2D eigenvalue weighted by Gasteiger charge is -2.07. The molecule has 0 aliphatic carbocycles. The minimum absolute atomic E-state index is 0.407. The molecule has 2 N–H and O–H groups in total. The van der Waals surface area contributed by atoms with Crippen molar-refractivity contribution in [3.8, 4) is 10.4 Å². The second kappa shape index (κ2) is 6.09. The number of fused-ring (bicyclic) bond motifs is 1. The Balaban J connectivity index is 1.91. The predicted molar refractivity (Wildman–Crippen MR) is 89.6 cm³/mol. The number of nitrogens with two attached hydrogens (primary N) is 1. The Morgan fingerprint density at radius 2 is 2.14 bits per heavy atom. The summed E-state index contributed by atoms with van der Waals surface area (Å²) in [5.74, 6) is 1.69. The molecule has 0 aromatic carbocycles. The lowest BCUT2D eigenvalue weighted by atomic mass is 10.2. The molecular weight excluding hydrogens is 302 g/mol. The zero-order chi connectivity index (χ0) is 14.8. The summed E-state index contributed by atoms with van der Waals surface area (Å²) in [7, 11) is 0. The first-order valence-corrected chi connectivity index (χ1v) is 8.56. The first-order valence-electron chi connectivity index (χ1n) is 6.80. The number of anilines is 1. The molecule has 6 heteroatoms. The van der Waals surface area contributed by atoms with Crippen LogP contribution in [0.5, 0.6) is 0 Å². The third-order valence-corrected chi connectivity index (χ3v) is 4.75. The van der Waals surface area contributed by atoms with Gasteiger partial charge in [-0.15, -0.1) is 22.7 Å². The van der Waals surface area contributed by atoms with E-state index in [2.05, 4.69) is 40.6 Å². The van der Waals surface area contributed by atoms with Crippen LogP contribution in [0, 0.1) is 5.92 Å². The molecule has 0 unspecified atom stereocenters. The Kier molecular flexibility index (Phi) is 4.19. The van der Waals surface area contributed by atoms with Gasteiger partial charge in [-0.1, -0.05) is 19.9 Å². The Morgan fingerprint density at radius 1 is 1.29 bits per heavy atom. The molecule has 0 spiro atoms. The van der Waals surface area contributed by atoms with Crippen molar-refractivity contribution < 1.29 is 4.74 Å². The normalized spacial score (nSPS) is 11.6. The Bertz CT molecular complexity index is 735. The van der Waals surface area contributed by atoms with E-state index in [-0.39, 0.29) is 0 Å². The summed E-state index contributed by atoms with van der Waals surface area (Å²) in [6.07, 6.45) is 0. The third-order valence-electron chi connectivity index (χ3n) is 2.98. The number of nitrogens with zero attached hydrogens (tertiary/aromatic N) is 2. The van der Waals surface area contributed by atoms with E-state index in [0.717, 1.165) is 15.8 Å². The summed E-state index contributed by atoms with van der Waals surface area (Å²) < 4.78 is 5.59. The van der Waals surface area contributed by atoms with E-state index < -0.39 is 0 Å². The zero-order valence-electron chi connectivity index (χ0n) is 12.0. The monoisotopic (exact) mass is 319 g/mol. The van der Waals surface area contributed by atoms with Crippen molar-refractivity contribution in [3.05, 3.63) is 28.7 Å². The molecule has 0 saturated carbocycles. The highest BCUT2D eigenvalue weighted by molar-refractivity contribution is 7.18. The zero-order valence-corrected chi connectivity index (χ0v) is 13.6. The van der Waals surface area contributed by atoms with Gasteiger partial charge in [-0.2, -0.15) is 0 Å². The largest absolute Gasteiger partial charge is 0.383 e. The Hall–Kier alpha value is -1.50. The molecule has 0 radical (unpaired) electrons. The summed E-state index contributed by atoms with van der Waals surface area (Å²) in [4.78, 5) is 11.1. The van der Waals surface area contributed by atoms with Gasteiger partial charge in [-0.25, -0.2) is 9.97 Å². The van der Waals surface area contributed by atoms with Crippen LogP contribution in [0.2, 0.25) is 0 Å². The van der Waals surface area contributed by atoms with Gasteiger partial charge in [0.1, 0.15) is 17.3 Å². The quantitative estimate of drug-likeness (QED) is 0.766. The van der Waals surface area contributed by atoms with Gasteiger partial charge in [-0.05, 0) is 17.4 Å². The first kappa shape index (κ1) is 14.4. The van der Waals surface area contributed by atoms with Crippen LogP contribution in [0.1, 0.15) is 19.7 Å². The van der Waals surface area contributed by atoms with E-state index >= 15 is 0 Å². The minimum Gasteiger partial charge on any atom is -0.383 e. The Morgan fingerprint density at radius 3 is 2.86 bits per heavy atom. The molecule has 0 aliphatic heterocycles. The van der Waals surface area contributed by atoms with Crippen LogP contribution < -0.4 is 5.73 Å². The van der Waals surface area contributed by atoms with E-state index in [0.29, 0.717) is 30.8 Å². The van der Waals surface area contributed by atoms with E-state index in [1.54, 1.807) is 22.7 Å². The highest BCUT2D eigenvalue weighted by Gasteiger charge is 2.14. The molecule has 21 heavy (non-hydrogen) atoms. The van der Waals surface area contributed by atoms with E-state index in [1.165, 1.54) is 4.88 Å². The number of hydrogen-bond acceptors (Lipinski definition) is 6. The smallest absolute Gasteiger partial charge is 0.158 e. The van der Waals surface area contributed by atoms with Gasteiger partial charge in [0.05, 0.1) is 5.39 Å². The summed E-state index contributed by atoms with van der Waals surface area (Å²) in [5, 5.41) is 5.11. The molecular formula is C15H17N3OS2. The maximum Gasteiger partial charge on any atom is 0.158 e. The van der Waals surface area contributed by atoms with Gasteiger partial charge < -0.3 is 10.5 Å². The standard InChI is InChI=1S/C15H17N3OS2/c1-9(2)6-19-7-12-17-14(16)13-10(8-21-15(13)18-12)11-4-3-5-20-11/h3-5,8-9H,6-7H2,1-2H3,(H2,16,17,18). The summed E-state index contributed by atoms with van der Waals surface area (Å²) in [5.41, 5.74) is 7.27. The number of hydrogen-bond donors (Lipinski definition) is 1. The van der Waals surface area contributed by atoms with Crippen LogP contribution in [-0.4, -0.2) is 16.6 Å². The van der Waals surface area contributed by atoms with Crippen LogP contribution in [0.15, 0.2) is 22.9 Å². The van der Waals surface area contributed by atoms with Crippen molar-refractivity contribution >= 4 is 38.7 Å². The van der Waals surface area contributed by atoms with Crippen molar-refractivity contribution in [2.45, 2.75) is 20.5 Å². The molecule has 0 fully saturated rings. The van der Waals surface area contributed by atoms with E-state index in [9.17, 15) is 0 Å². The molecule has 3 rings (SSSR count). The van der Waals surface area contributed by atoms with Crippen LogP contribution in [0.3, 0.4) is 0 Å². The fraction of sp³-hybridized carbons (Fsp3) is 0.333. The number of nitrogen functional groups attached to an aromatic ring is 1. The van der Waals surface area contributed by atoms with Gasteiger partial charge in [0.15, 0.2) is 5.82 Å². The molecule has 0 saturated heterocycles. The van der Waals surface area contributed by atoms with Crippen LogP contribution >= 0.6 is 22.7 Å². The van der Waals surface area contributed by atoms with E-state index in [1.807, 2.05) is 6.07 Å².